The molecule has 0 saturated carbocycles. The van der Waals surface area contributed by atoms with Crippen LogP contribution in [0.25, 0.3) is 6.08 Å². The molecule has 9 nitrogen and oxygen atoms in total. The van der Waals surface area contributed by atoms with Crippen molar-refractivity contribution < 1.29 is 27.4 Å². The number of carbonyl (C=O) groups excluding carboxylic acids is 1. The molecule has 0 heterocycles. The van der Waals surface area contributed by atoms with E-state index in [1.54, 1.807) is 38.1 Å². The number of nitrogens with zero attached hydrogens (tertiary/aromatic N) is 2. The molecule has 0 saturated heterocycles. The molecule has 176 valence electrons. The van der Waals surface area contributed by atoms with Gasteiger partial charge in [-0.3, -0.25) is 4.79 Å². The van der Waals surface area contributed by atoms with Gasteiger partial charge in [0.15, 0.2) is 18.1 Å². The van der Waals surface area contributed by atoms with Gasteiger partial charge in [0.25, 0.3) is 0 Å². The first kappa shape index (κ1) is 25.7. The molecule has 0 fully saturated rings. The number of hydrogen-bond acceptors (Lipinski definition) is 7. The standard InChI is InChI=1S/C23H27N3O6S/c1-5-26(6-2)33(28,29)18-9-11-20(30-3)19(16-18)25-23(27)12-8-17-7-10-21(32-14-13-24)22(15-17)31-4/h7-12,15-16H,5-6,14H2,1-4H3,(H,25,27). The Hall–Kier alpha value is -3.55. The van der Waals surface area contributed by atoms with Gasteiger partial charge >= 0.3 is 0 Å². The molecular formula is C23H27N3O6S. The number of carbonyl (C=O) groups is 1. The van der Waals surface area contributed by atoms with Crippen molar-refractivity contribution >= 4 is 27.7 Å². The van der Waals surface area contributed by atoms with Crippen molar-refractivity contribution in [3.8, 4) is 23.3 Å². The average Bonchev–Trinajstić information content (AvgIpc) is 2.82. The van der Waals surface area contributed by atoms with E-state index in [1.165, 1.54) is 42.8 Å². The molecule has 33 heavy (non-hydrogen) atoms. The minimum absolute atomic E-state index is 0.0592. The maximum Gasteiger partial charge on any atom is 0.248 e. The Kier molecular flexibility index (Phi) is 9.27. The van der Waals surface area contributed by atoms with Crippen LogP contribution in [-0.2, 0) is 14.8 Å². The summed E-state index contributed by atoms with van der Waals surface area (Å²) in [5.74, 6) is 0.686. The molecule has 0 unspecified atom stereocenters. The van der Waals surface area contributed by atoms with Gasteiger partial charge in [0.2, 0.25) is 15.9 Å². The van der Waals surface area contributed by atoms with Gasteiger partial charge in [-0.15, -0.1) is 0 Å². The van der Waals surface area contributed by atoms with Crippen LogP contribution in [0.3, 0.4) is 0 Å². The van der Waals surface area contributed by atoms with Crippen LogP contribution in [-0.4, -0.2) is 52.5 Å². The van der Waals surface area contributed by atoms with Crippen LogP contribution in [0.4, 0.5) is 5.69 Å². The number of nitriles is 1. The number of benzene rings is 2. The summed E-state index contributed by atoms with van der Waals surface area (Å²) in [4.78, 5) is 12.6. The minimum atomic E-state index is -3.70. The maximum atomic E-state index is 12.8. The Balaban J connectivity index is 2.24. The summed E-state index contributed by atoms with van der Waals surface area (Å²) in [7, 11) is -0.791. The topological polar surface area (TPSA) is 118 Å². The third-order valence-corrected chi connectivity index (χ3v) is 6.72. The third-order valence-electron chi connectivity index (χ3n) is 4.68. The molecule has 2 aromatic rings. The lowest BCUT2D eigenvalue weighted by Gasteiger charge is -2.19. The zero-order valence-corrected chi connectivity index (χ0v) is 19.8. The first-order chi connectivity index (χ1) is 15.8. The Bertz CT molecular complexity index is 1150. The van der Waals surface area contributed by atoms with Gasteiger partial charge < -0.3 is 19.5 Å². The number of methoxy groups -OCH3 is 2. The lowest BCUT2D eigenvalue weighted by atomic mass is 10.2. The van der Waals surface area contributed by atoms with Crippen LogP contribution in [0.2, 0.25) is 0 Å². The van der Waals surface area contributed by atoms with Crippen LogP contribution in [0, 0.1) is 11.3 Å². The van der Waals surface area contributed by atoms with E-state index in [0.717, 1.165) is 0 Å². The molecule has 0 aliphatic carbocycles. The summed E-state index contributed by atoms with van der Waals surface area (Å²) in [6.45, 7) is 4.07. The Morgan fingerprint density at radius 1 is 1.06 bits per heavy atom. The lowest BCUT2D eigenvalue weighted by molar-refractivity contribution is -0.111. The van der Waals surface area contributed by atoms with Gasteiger partial charge in [-0.05, 0) is 42.0 Å². The van der Waals surface area contributed by atoms with Crippen LogP contribution in [0.1, 0.15) is 19.4 Å². The number of sulfonamides is 1. The maximum absolute atomic E-state index is 12.8. The minimum Gasteiger partial charge on any atom is -0.495 e. The van der Waals surface area contributed by atoms with E-state index >= 15 is 0 Å². The van der Waals surface area contributed by atoms with Crippen LogP contribution < -0.4 is 19.5 Å². The van der Waals surface area contributed by atoms with Crippen molar-refractivity contribution in [2.75, 3.05) is 39.2 Å². The monoisotopic (exact) mass is 473 g/mol. The predicted molar refractivity (Wildman–Crippen MR) is 125 cm³/mol. The molecule has 1 amide bonds. The summed E-state index contributed by atoms with van der Waals surface area (Å²) in [6, 6.07) is 11.2. The smallest absolute Gasteiger partial charge is 0.248 e. The number of anilines is 1. The second-order valence-corrected chi connectivity index (χ2v) is 8.57. The summed E-state index contributed by atoms with van der Waals surface area (Å²) in [5.41, 5.74) is 0.898. The van der Waals surface area contributed by atoms with Gasteiger partial charge in [0, 0.05) is 19.2 Å². The SMILES string of the molecule is CCN(CC)S(=O)(=O)c1ccc(OC)c(NC(=O)C=Cc2ccc(OCC#N)c(OC)c2)c1. The summed E-state index contributed by atoms with van der Waals surface area (Å²) < 4.78 is 42.8. The molecule has 0 aliphatic rings. The first-order valence-corrected chi connectivity index (χ1v) is 11.6. The quantitative estimate of drug-likeness (QED) is 0.498. The largest absolute Gasteiger partial charge is 0.495 e. The molecule has 0 atom stereocenters. The highest BCUT2D eigenvalue weighted by Gasteiger charge is 2.23. The fourth-order valence-corrected chi connectivity index (χ4v) is 4.51. The van der Waals surface area contributed by atoms with E-state index < -0.39 is 15.9 Å². The first-order valence-electron chi connectivity index (χ1n) is 10.2. The molecule has 0 aromatic heterocycles. The Morgan fingerprint density at radius 2 is 1.73 bits per heavy atom. The van der Waals surface area contributed by atoms with Crippen molar-refractivity contribution in [1.82, 2.24) is 4.31 Å². The Morgan fingerprint density at radius 3 is 2.33 bits per heavy atom. The number of hydrogen-bond donors (Lipinski definition) is 1. The van der Waals surface area contributed by atoms with Gasteiger partial charge in [-0.1, -0.05) is 19.9 Å². The molecule has 0 bridgehead atoms. The Labute approximate surface area is 194 Å². The van der Waals surface area contributed by atoms with E-state index in [1.807, 2.05) is 6.07 Å². The summed E-state index contributed by atoms with van der Waals surface area (Å²) >= 11 is 0. The second kappa shape index (κ2) is 11.9. The normalized spacial score (nSPS) is 11.3. The van der Waals surface area contributed by atoms with Crippen LogP contribution in [0.5, 0.6) is 17.2 Å². The highest BCUT2D eigenvalue weighted by Crippen LogP contribution is 2.30. The summed E-state index contributed by atoms with van der Waals surface area (Å²) in [6.07, 6.45) is 2.87. The van der Waals surface area contributed by atoms with Gasteiger partial charge in [-0.25, -0.2) is 8.42 Å². The van der Waals surface area contributed by atoms with Crippen LogP contribution >= 0.6 is 0 Å². The number of rotatable bonds is 11. The molecule has 2 rings (SSSR count). The molecule has 0 radical (unpaired) electrons. The van der Waals surface area contributed by atoms with E-state index in [0.29, 0.717) is 35.9 Å². The number of amides is 1. The summed E-state index contributed by atoms with van der Waals surface area (Å²) in [5, 5.41) is 11.3. The zero-order valence-electron chi connectivity index (χ0n) is 19.0. The fourth-order valence-electron chi connectivity index (χ4n) is 3.02. The third kappa shape index (κ3) is 6.47. The van der Waals surface area contributed by atoms with E-state index in [-0.39, 0.29) is 17.2 Å². The van der Waals surface area contributed by atoms with Crippen molar-refractivity contribution in [3.05, 3.63) is 48.0 Å². The predicted octanol–water partition coefficient (Wildman–Crippen LogP) is 3.29. The van der Waals surface area contributed by atoms with E-state index in [2.05, 4.69) is 5.32 Å². The molecule has 0 spiro atoms. The fraction of sp³-hybridized carbons (Fsp3) is 0.304. The van der Waals surface area contributed by atoms with Gasteiger partial charge in [-0.2, -0.15) is 9.57 Å². The van der Waals surface area contributed by atoms with Crippen molar-refractivity contribution in [2.24, 2.45) is 0 Å². The van der Waals surface area contributed by atoms with Crippen molar-refractivity contribution in [2.45, 2.75) is 18.7 Å². The molecule has 10 heteroatoms. The highest BCUT2D eigenvalue weighted by atomic mass is 32.2. The van der Waals surface area contributed by atoms with Crippen LogP contribution in [0.15, 0.2) is 47.4 Å². The average molecular weight is 474 g/mol. The zero-order chi connectivity index (χ0) is 24.4. The van der Waals surface area contributed by atoms with E-state index in [4.69, 9.17) is 19.5 Å². The lowest BCUT2D eigenvalue weighted by Crippen LogP contribution is -2.30. The second-order valence-electron chi connectivity index (χ2n) is 6.63. The van der Waals surface area contributed by atoms with Crippen molar-refractivity contribution in [1.29, 1.82) is 5.26 Å². The molecule has 1 N–H and O–H groups in total. The van der Waals surface area contributed by atoms with E-state index in [9.17, 15) is 13.2 Å². The molecular weight excluding hydrogens is 446 g/mol. The molecule has 0 aliphatic heterocycles. The number of ether oxygens (including phenoxy) is 3. The molecule has 2 aromatic carbocycles. The van der Waals surface area contributed by atoms with Gasteiger partial charge in [0.1, 0.15) is 11.8 Å². The number of nitrogens with one attached hydrogen (secondary N) is 1. The highest BCUT2D eigenvalue weighted by molar-refractivity contribution is 7.89. The van der Waals surface area contributed by atoms with Crippen molar-refractivity contribution in [3.63, 3.8) is 0 Å². The van der Waals surface area contributed by atoms with Gasteiger partial charge in [0.05, 0.1) is 24.8 Å².